The molecule has 2 amide bonds. The second-order valence-electron chi connectivity index (χ2n) is 11.5. The number of aromatic amines is 1. The van der Waals surface area contributed by atoms with E-state index < -0.39 is 0 Å². The highest BCUT2D eigenvalue weighted by atomic mass is 16.2. The third kappa shape index (κ3) is 5.43. The van der Waals surface area contributed by atoms with Gasteiger partial charge in [0, 0.05) is 49.0 Å². The summed E-state index contributed by atoms with van der Waals surface area (Å²) >= 11 is 0. The summed E-state index contributed by atoms with van der Waals surface area (Å²) < 4.78 is 2.04. The summed E-state index contributed by atoms with van der Waals surface area (Å²) in [5.74, 6) is 0.962. The number of rotatable bonds is 7. The molecule has 1 saturated heterocycles. The molecule has 1 fully saturated rings. The van der Waals surface area contributed by atoms with E-state index in [9.17, 15) is 9.59 Å². The Morgan fingerprint density at radius 3 is 2.56 bits per heavy atom. The number of amides is 2. The molecule has 1 aliphatic rings. The Morgan fingerprint density at radius 2 is 1.90 bits per heavy atom. The highest BCUT2D eigenvalue weighted by Gasteiger charge is 2.25. The van der Waals surface area contributed by atoms with Crippen LogP contribution in [0.4, 0.5) is 0 Å². The van der Waals surface area contributed by atoms with Crippen LogP contribution >= 0.6 is 0 Å². The molecule has 39 heavy (non-hydrogen) atoms. The molecule has 3 aromatic heterocycles. The van der Waals surface area contributed by atoms with E-state index in [1.165, 1.54) is 16.5 Å². The third-order valence-electron chi connectivity index (χ3n) is 7.90. The predicted molar refractivity (Wildman–Crippen MR) is 156 cm³/mol. The van der Waals surface area contributed by atoms with E-state index in [0.29, 0.717) is 18.4 Å². The largest absolute Gasteiger partial charge is 0.359 e. The molecule has 206 valence electrons. The van der Waals surface area contributed by atoms with Crippen LogP contribution in [0, 0.1) is 6.92 Å². The maximum absolute atomic E-state index is 12.5. The van der Waals surface area contributed by atoms with Gasteiger partial charge in [-0.05, 0) is 80.6 Å². The Morgan fingerprint density at radius 1 is 1.15 bits per heavy atom. The molecular weight excluding hydrogens is 488 g/mol. The first-order valence-corrected chi connectivity index (χ1v) is 13.9. The Labute approximate surface area is 230 Å². The number of hydrogen-bond donors (Lipinski definition) is 2. The van der Waals surface area contributed by atoms with Gasteiger partial charge >= 0.3 is 0 Å². The topological polar surface area (TPSA) is 85.7 Å². The monoisotopic (exact) mass is 528 g/mol. The number of aromatic nitrogens is 3. The number of likely N-dealkylation sites (tertiary alicyclic amines) is 1. The number of hydrogen-bond acceptors (Lipinski definition) is 4. The van der Waals surface area contributed by atoms with Crippen molar-refractivity contribution < 1.29 is 9.59 Å². The summed E-state index contributed by atoms with van der Waals surface area (Å²) in [5, 5.41) is 3.94. The summed E-state index contributed by atoms with van der Waals surface area (Å²) in [7, 11) is 5.53. The number of carbonyl (C=O) groups excluding carboxylic acids is 2. The van der Waals surface area contributed by atoms with Crippen molar-refractivity contribution in [3.63, 3.8) is 0 Å². The molecule has 0 bridgehead atoms. The Kier molecular flexibility index (Phi) is 7.49. The van der Waals surface area contributed by atoms with Gasteiger partial charge in [0.15, 0.2) is 0 Å². The second-order valence-corrected chi connectivity index (χ2v) is 11.5. The lowest BCUT2D eigenvalue weighted by Gasteiger charge is -2.33. The van der Waals surface area contributed by atoms with Crippen molar-refractivity contribution in [2.24, 2.45) is 0 Å². The minimum Gasteiger partial charge on any atom is -0.359 e. The molecule has 0 spiro atoms. The highest BCUT2D eigenvalue weighted by molar-refractivity contribution is 5.92. The lowest BCUT2D eigenvalue weighted by molar-refractivity contribution is -0.132. The van der Waals surface area contributed by atoms with Crippen molar-refractivity contribution in [3.05, 3.63) is 59.0 Å². The number of piperidine rings is 1. The van der Waals surface area contributed by atoms with Gasteiger partial charge in [-0.1, -0.05) is 19.9 Å². The Bertz CT molecular complexity index is 1520. The summed E-state index contributed by atoms with van der Waals surface area (Å²) in [6.45, 7) is 8.67. The van der Waals surface area contributed by atoms with Crippen LogP contribution in [0.2, 0.25) is 0 Å². The van der Waals surface area contributed by atoms with Gasteiger partial charge in [0.2, 0.25) is 11.8 Å². The average molecular weight is 529 g/mol. The van der Waals surface area contributed by atoms with Crippen molar-refractivity contribution in [2.45, 2.75) is 51.9 Å². The third-order valence-corrected chi connectivity index (χ3v) is 7.90. The number of benzene rings is 1. The van der Waals surface area contributed by atoms with Crippen molar-refractivity contribution in [2.75, 3.05) is 40.8 Å². The van der Waals surface area contributed by atoms with Gasteiger partial charge in [0.05, 0.1) is 24.4 Å². The van der Waals surface area contributed by atoms with Crippen molar-refractivity contribution in [3.8, 4) is 11.3 Å². The molecule has 4 aromatic rings. The molecule has 4 heterocycles. The van der Waals surface area contributed by atoms with Gasteiger partial charge in [-0.3, -0.25) is 9.59 Å². The first-order chi connectivity index (χ1) is 18.6. The van der Waals surface area contributed by atoms with Crippen LogP contribution in [0.1, 0.15) is 60.9 Å². The Balaban J connectivity index is 1.46. The number of H-pyrrole nitrogens is 1. The minimum atomic E-state index is -0.0457. The summed E-state index contributed by atoms with van der Waals surface area (Å²) in [6.07, 6.45) is 6.32. The van der Waals surface area contributed by atoms with Crippen LogP contribution in [0.15, 0.2) is 36.7 Å². The lowest BCUT2D eigenvalue weighted by Crippen LogP contribution is -2.42. The number of pyridine rings is 1. The molecule has 8 heteroatoms. The molecule has 0 aliphatic carbocycles. The van der Waals surface area contributed by atoms with Crippen molar-refractivity contribution >= 4 is 28.4 Å². The van der Waals surface area contributed by atoms with E-state index in [2.05, 4.69) is 61.5 Å². The van der Waals surface area contributed by atoms with Gasteiger partial charge in [-0.2, -0.15) is 0 Å². The van der Waals surface area contributed by atoms with Crippen molar-refractivity contribution in [1.82, 2.24) is 29.5 Å². The summed E-state index contributed by atoms with van der Waals surface area (Å²) in [5.41, 5.74) is 8.75. The smallest absolute Gasteiger partial charge is 0.236 e. The maximum Gasteiger partial charge on any atom is 0.236 e. The van der Waals surface area contributed by atoms with Crippen LogP contribution in [0.3, 0.4) is 0 Å². The van der Waals surface area contributed by atoms with Gasteiger partial charge in [0.25, 0.3) is 0 Å². The maximum atomic E-state index is 12.5. The van der Waals surface area contributed by atoms with Crippen LogP contribution in [0.25, 0.3) is 27.8 Å². The molecule has 1 aliphatic heterocycles. The van der Waals surface area contributed by atoms with Crippen LogP contribution < -0.4 is 5.32 Å². The number of carbonyl (C=O) groups is 2. The molecule has 8 nitrogen and oxygen atoms in total. The summed E-state index contributed by atoms with van der Waals surface area (Å²) in [6, 6.07) is 9.03. The number of aryl methyl sites for hydroxylation is 1. The molecule has 5 rings (SSSR count). The van der Waals surface area contributed by atoms with Gasteiger partial charge in [-0.25, -0.2) is 4.98 Å². The standard InChI is InChI=1S/C31H40N6O2/c1-19(2)29-25-14-22(21-9-11-36(12-10-21)28(39)18-35(5)6)7-8-26(25)34-30(29)23-13-20(3)31-33-24(15-27(38)32-4)17-37(31)16-23/h7-8,13-14,16-17,19,21,34H,9-12,15,18H2,1-6H3,(H,32,38). The fourth-order valence-corrected chi connectivity index (χ4v) is 5.94. The molecular formula is C31H40N6O2. The summed E-state index contributed by atoms with van der Waals surface area (Å²) in [4.78, 5) is 36.8. The van der Waals surface area contributed by atoms with Gasteiger partial charge in [0.1, 0.15) is 5.65 Å². The van der Waals surface area contributed by atoms with E-state index in [1.807, 2.05) is 34.5 Å². The SMILES string of the molecule is CNC(=O)Cc1cn2cc(-c3[nH]c4ccc(C5CCN(C(=O)CN(C)C)CC5)cc4c3C(C)C)cc(C)c2n1. The second kappa shape index (κ2) is 10.8. The lowest BCUT2D eigenvalue weighted by atomic mass is 9.87. The molecule has 0 unspecified atom stereocenters. The first kappa shape index (κ1) is 26.9. The highest BCUT2D eigenvalue weighted by Crippen LogP contribution is 2.38. The molecule has 0 radical (unpaired) electrons. The van der Waals surface area contributed by atoms with E-state index in [0.717, 1.165) is 59.6 Å². The Hall–Kier alpha value is -3.65. The zero-order valence-electron chi connectivity index (χ0n) is 24.0. The quantitative estimate of drug-likeness (QED) is 0.371. The van der Waals surface area contributed by atoms with E-state index >= 15 is 0 Å². The molecule has 0 atom stereocenters. The van der Waals surface area contributed by atoms with E-state index in [4.69, 9.17) is 4.98 Å². The normalized spacial score (nSPS) is 14.7. The number of nitrogens with zero attached hydrogens (tertiary/aromatic N) is 4. The number of likely N-dealkylation sites (N-methyl/N-ethyl adjacent to an activating group) is 2. The van der Waals surface area contributed by atoms with Gasteiger partial charge in [-0.15, -0.1) is 0 Å². The van der Waals surface area contributed by atoms with Crippen LogP contribution in [0.5, 0.6) is 0 Å². The predicted octanol–water partition coefficient (Wildman–Crippen LogP) is 4.47. The number of imidazole rings is 1. The fourth-order valence-electron chi connectivity index (χ4n) is 5.94. The zero-order chi connectivity index (χ0) is 27.8. The van der Waals surface area contributed by atoms with Crippen LogP contribution in [-0.2, 0) is 16.0 Å². The van der Waals surface area contributed by atoms with E-state index in [-0.39, 0.29) is 18.2 Å². The molecule has 0 saturated carbocycles. The first-order valence-electron chi connectivity index (χ1n) is 13.9. The molecule has 2 N–H and O–H groups in total. The van der Waals surface area contributed by atoms with Crippen LogP contribution in [-0.4, -0.2) is 76.8 Å². The fraction of sp³-hybridized carbons (Fsp3) is 0.452. The number of fused-ring (bicyclic) bond motifs is 2. The van der Waals surface area contributed by atoms with E-state index in [1.54, 1.807) is 7.05 Å². The van der Waals surface area contributed by atoms with Gasteiger partial charge < -0.3 is 24.5 Å². The van der Waals surface area contributed by atoms with Crippen molar-refractivity contribution in [1.29, 1.82) is 0 Å². The minimum absolute atomic E-state index is 0.0457. The average Bonchev–Trinajstić information content (AvgIpc) is 3.49. The molecule has 1 aromatic carbocycles. The zero-order valence-corrected chi connectivity index (χ0v) is 24.0. The number of nitrogens with one attached hydrogen (secondary N) is 2.